The predicted molar refractivity (Wildman–Crippen MR) is 105 cm³/mol. The molecule has 0 atom stereocenters. The lowest BCUT2D eigenvalue weighted by atomic mass is 10.2. The summed E-state index contributed by atoms with van der Waals surface area (Å²) in [5.41, 5.74) is 4.92. The molecule has 22 heavy (non-hydrogen) atoms. The Morgan fingerprint density at radius 1 is 1.05 bits per heavy atom. The van der Waals surface area contributed by atoms with Gasteiger partial charge in [-0.2, -0.15) is 0 Å². The van der Waals surface area contributed by atoms with Crippen molar-refractivity contribution in [1.29, 1.82) is 0 Å². The Morgan fingerprint density at radius 2 is 1.68 bits per heavy atom. The van der Waals surface area contributed by atoms with Crippen molar-refractivity contribution < 1.29 is 0 Å². The molecule has 0 saturated carbocycles. The summed E-state index contributed by atoms with van der Waals surface area (Å²) in [5, 5.41) is 4.14. The maximum Gasteiger partial charge on any atom is 0.114 e. The van der Waals surface area contributed by atoms with Crippen LogP contribution in [0.5, 0.6) is 0 Å². The number of rotatable bonds is 4. The first-order chi connectivity index (χ1) is 10.1. The molecule has 1 aromatic carbocycles. The summed E-state index contributed by atoms with van der Waals surface area (Å²) in [5.74, 6) is 0. The summed E-state index contributed by atoms with van der Waals surface area (Å²) >= 11 is 0. The summed E-state index contributed by atoms with van der Waals surface area (Å²) in [7, 11) is -3.11. The molecular formula is C19H27NSi2. The molecule has 1 heterocycles. The van der Waals surface area contributed by atoms with Crippen LogP contribution in [0.2, 0.25) is 32.7 Å². The van der Waals surface area contributed by atoms with Gasteiger partial charge in [0.05, 0.1) is 13.6 Å². The van der Waals surface area contributed by atoms with Gasteiger partial charge in [0.15, 0.2) is 0 Å². The van der Waals surface area contributed by atoms with Gasteiger partial charge in [0.25, 0.3) is 0 Å². The fourth-order valence-electron chi connectivity index (χ4n) is 3.02. The van der Waals surface area contributed by atoms with Gasteiger partial charge in [0, 0.05) is 11.6 Å². The number of aromatic nitrogens is 1. The number of hydrogen-bond acceptors (Lipinski definition) is 1. The number of hydrogen-bond donors (Lipinski definition) is 0. The molecule has 0 saturated heterocycles. The van der Waals surface area contributed by atoms with E-state index in [0.717, 1.165) is 5.52 Å². The Labute approximate surface area is 136 Å². The topological polar surface area (TPSA) is 12.9 Å². The molecule has 0 radical (unpaired) electrons. The molecule has 1 nitrogen and oxygen atoms in total. The van der Waals surface area contributed by atoms with E-state index >= 15 is 0 Å². The van der Waals surface area contributed by atoms with Crippen LogP contribution >= 0.6 is 0 Å². The number of allylic oxidation sites excluding steroid dienone is 2. The molecule has 0 amide bonds. The number of benzene rings is 1. The van der Waals surface area contributed by atoms with Gasteiger partial charge >= 0.3 is 0 Å². The fraction of sp³-hybridized carbons (Fsp3) is 0.316. The van der Waals surface area contributed by atoms with Crippen LogP contribution in [-0.2, 0) is 0 Å². The second-order valence-corrected chi connectivity index (χ2v) is 17.1. The second-order valence-electron chi connectivity index (χ2n) is 7.71. The quantitative estimate of drug-likeness (QED) is 0.565. The van der Waals surface area contributed by atoms with Gasteiger partial charge in [-0.05, 0) is 18.2 Å². The van der Waals surface area contributed by atoms with Gasteiger partial charge in [0.1, 0.15) is 8.07 Å². The number of nitrogens with zero attached hydrogens (tertiary/aromatic N) is 1. The maximum absolute atomic E-state index is 4.67. The van der Waals surface area contributed by atoms with E-state index < -0.39 is 16.1 Å². The molecule has 3 heteroatoms. The summed E-state index contributed by atoms with van der Waals surface area (Å²) in [4.78, 5) is 4.67. The minimum Gasteiger partial charge on any atom is -0.256 e. The van der Waals surface area contributed by atoms with Crippen LogP contribution in [0.4, 0.5) is 0 Å². The minimum absolute atomic E-state index is 1.16. The first-order valence-electron chi connectivity index (χ1n) is 7.86. The second kappa shape index (κ2) is 5.97. The fourth-order valence-corrected chi connectivity index (χ4v) is 9.55. The van der Waals surface area contributed by atoms with Gasteiger partial charge in [0.2, 0.25) is 0 Å². The summed E-state index contributed by atoms with van der Waals surface area (Å²) in [6, 6.07) is 10.7. The van der Waals surface area contributed by atoms with Crippen molar-refractivity contribution in [2.24, 2.45) is 0 Å². The Morgan fingerprint density at radius 3 is 2.27 bits per heavy atom. The summed E-state index contributed by atoms with van der Waals surface area (Å²) in [6.45, 7) is 18.5. The maximum atomic E-state index is 4.67. The van der Waals surface area contributed by atoms with Crippen LogP contribution < -0.4 is 5.19 Å². The van der Waals surface area contributed by atoms with E-state index in [2.05, 4.69) is 81.2 Å². The van der Waals surface area contributed by atoms with Crippen LogP contribution in [-0.4, -0.2) is 21.1 Å². The van der Waals surface area contributed by atoms with E-state index in [-0.39, 0.29) is 0 Å². The molecule has 2 rings (SSSR count). The van der Waals surface area contributed by atoms with Crippen LogP contribution in [0.3, 0.4) is 0 Å². The zero-order valence-electron chi connectivity index (χ0n) is 14.7. The molecular weight excluding hydrogens is 298 g/mol. The Bertz CT molecular complexity index is 731. The van der Waals surface area contributed by atoms with E-state index in [0.29, 0.717) is 0 Å². The van der Waals surface area contributed by atoms with E-state index in [1.54, 1.807) is 0 Å². The van der Waals surface area contributed by atoms with Crippen molar-refractivity contribution in [3.8, 4) is 0 Å². The van der Waals surface area contributed by atoms with Gasteiger partial charge in [-0.1, -0.05) is 80.0 Å². The Balaban J connectivity index is 2.70. The molecule has 0 spiro atoms. The Kier molecular flexibility index (Phi) is 4.59. The average Bonchev–Trinajstić information content (AvgIpc) is 2.43. The smallest absolute Gasteiger partial charge is 0.114 e. The summed E-state index contributed by atoms with van der Waals surface area (Å²) < 4.78 is 0. The largest absolute Gasteiger partial charge is 0.256 e. The van der Waals surface area contributed by atoms with Crippen molar-refractivity contribution in [2.75, 3.05) is 0 Å². The highest BCUT2D eigenvalue weighted by Gasteiger charge is 2.32. The molecule has 0 unspecified atom stereocenters. The monoisotopic (exact) mass is 325 g/mol. The molecule has 0 aliphatic carbocycles. The third-order valence-corrected chi connectivity index (χ3v) is 9.13. The molecule has 1 aromatic heterocycles. The SMILES string of the molecule is C=C(C)/C(=C\[Si](C)(C)C)[Si](C)(C)c1cccc2cccnc12. The van der Waals surface area contributed by atoms with Crippen LogP contribution in [0.25, 0.3) is 10.9 Å². The van der Waals surface area contributed by atoms with E-state index in [9.17, 15) is 0 Å². The van der Waals surface area contributed by atoms with Crippen LogP contribution in [0, 0.1) is 0 Å². The molecule has 0 fully saturated rings. The van der Waals surface area contributed by atoms with Gasteiger partial charge in [-0.3, -0.25) is 4.98 Å². The zero-order valence-corrected chi connectivity index (χ0v) is 16.7. The Hall–Kier alpha value is -1.46. The standard InChI is InChI=1S/C19H27NSi2/c1-15(2)18(14-21(3,4)5)22(6,7)17-12-8-10-16-11-9-13-20-19(16)17/h8-14H,1H2,2-7H3/b18-14+. The van der Waals surface area contributed by atoms with E-state index in [1.165, 1.54) is 21.3 Å². The third kappa shape index (κ3) is 3.47. The highest BCUT2D eigenvalue weighted by atomic mass is 28.3. The molecule has 0 N–H and O–H groups in total. The highest BCUT2D eigenvalue weighted by Crippen LogP contribution is 2.26. The first-order valence-corrected chi connectivity index (χ1v) is 14.4. The highest BCUT2D eigenvalue weighted by molar-refractivity contribution is 6.99. The molecule has 0 aliphatic rings. The lowest BCUT2D eigenvalue weighted by Crippen LogP contribution is -2.46. The summed E-state index contributed by atoms with van der Waals surface area (Å²) in [6.07, 6.45) is 1.90. The number of fused-ring (bicyclic) bond motifs is 1. The lowest BCUT2D eigenvalue weighted by molar-refractivity contribution is 1.41. The third-order valence-electron chi connectivity index (χ3n) is 4.02. The number of para-hydroxylation sites is 1. The van der Waals surface area contributed by atoms with Crippen LogP contribution in [0.15, 0.2) is 59.6 Å². The lowest BCUT2D eigenvalue weighted by Gasteiger charge is -2.30. The van der Waals surface area contributed by atoms with E-state index in [1.807, 2.05) is 12.3 Å². The van der Waals surface area contributed by atoms with Crippen molar-refractivity contribution in [2.45, 2.75) is 39.7 Å². The molecule has 116 valence electrons. The number of pyridine rings is 1. The average molecular weight is 326 g/mol. The molecule has 0 aliphatic heterocycles. The van der Waals surface area contributed by atoms with Gasteiger partial charge in [-0.15, -0.1) is 0 Å². The first kappa shape index (κ1) is 16.9. The van der Waals surface area contributed by atoms with Crippen molar-refractivity contribution >= 4 is 32.2 Å². The van der Waals surface area contributed by atoms with Crippen LogP contribution in [0.1, 0.15) is 6.92 Å². The van der Waals surface area contributed by atoms with Crippen molar-refractivity contribution in [3.63, 3.8) is 0 Å². The predicted octanol–water partition coefficient (Wildman–Crippen LogP) is 5.07. The normalized spacial score (nSPS) is 13.5. The van der Waals surface area contributed by atoms with E-state index in [4.69, 9.17) is 0 Å². The molecule has 0 bridgehead atoms. The van der Waals surface area contributed by atoms with Crippen molar-refractivity contribution in [3.05, 3.63) is 59.6 Å². The van der Waals surface area contributed by atoms with Gasteiger partial charge < -0.3 is 0 Å². The van der Waals surface area contributed by atoms with Gasteiger partial charge in [-0.25, -0.2) is 0 Å². The zero-order chi connectivity index (χ0) is 16.5. The van der Waals surface area contributed by atoms with Crippen molar-refractivity contribution in [1.82, 2.24) is 4.98 Å². The minimum atomic E-state index is -1.81. The molecule has 2 aromatic rings.